The monoisotopic (exact) mass is 376 g/mol. The zero-order valence-corrected chi connectivity index (χ0v) is 15.5. The topological polar surface area (TPSA) is 54.9 Å². The largest absolute Gasteiger partial charge is 0.360 e. The summed E-state index contributed by atoms with van der Waals surface area (Å²) in [5.41, 5.74) is 1.81. The summed E-state index contributed by atoms with van der Waals surface area (Å²) in [6, 6.07) is 9.53. The van der Waals surface area contributed by atoms with Crippen LogP contribution >= 0.6 is 22.9 Å². The molecule has 1 N–H and O–H groups in total. The van der Waals surface area contributed by atoms with Gasteiger partial charge in [0.1, 0.15) is 6.54 Å². The van der Waals surface area contributed by atoms with Crippen LogP contribution in [0.1, 0.15) is 10.7 Å². The number of nitrogens with zero attached hydrogens (tertiary/aromatic N) is 4. The minimum absolute atomic E-state index is 0.106. The SMILES string of the molecule is Cc1cc(=O)n2nc(C[NH+]3CCN(c4cccc(Cl)c4)CC3)sc2n1. The predicted octanol–water partition coefficient (Wildman–Crippen LogP) is 1.02. The van der Waals surface area contributed by atoms with E-state index in [9.17, 15) is 4.79 Å². The number of anilines is 1. The van der Waals surface area contributed by atoms with E-state index in [-0.39, 0.29) is 5.56 Å². The molecule has 6 nitrogen and oxygen atoms in total. The Balaban J connectivity index is 1.43. The van der Waals surface area contributed by atoms with Crippen molar-refractivity contribution in [3.8, 4) is 0 Å². The second-order valence-electron chi connectivity index (χ2n) is 6.32. The number of aryl methyl sites for hydroxylation is 1. The highest BCUT2D eigenvalue weighted by atomic mass is 35.5. The van der Waals surface area contributed by atoms with E-state index in [0.29, 0.717) is 4.96 Å². The molecule has 3 aromatic rings. The molecule has 0 saturated carbocycles. The minimum atomic E-state index is -0.106. The van der Waals surface area contributed by atoms with Gasteiger partial charge in [0, 0.05) is 22.5 Å². The number of rotatable bonds is 3. The van der Waals surface area contributed by atoms with E-state index < -0.39 is 0 Å². The van der Waals surface area contributed by atoms with Crippen LogP contribution in [0.2, 0.25) is 5.02 Å². The van der Waals surface area contributed by atoms with Gasteiger partial charge in [0.25, 0.3) is 5.56 Å². The zero-order valence-electron chi connectivity index (χ0n) is 13.9. The molecule has 0 aliphatic carbocycles. The lowest BCUT2D eigenvalue weighted by atomic mass is 10.2. The minimum Gasteiger partial charge on any atom is -0.360 e. The number of nitrogens with one attached hydrogen (secondary N) is 1. The first kappa shape index (κ1) is 16.5. The lowest BCUT2D eigenvalue weighted by molar-refractivity contribution is -0.914. The van der Waals surface area contributed by atoms with E-state index in [1.165, 1.54) is 32.5 Å². The maximum absolute atomic E-state index is 12.0. The predicted molar refractivity (Wildman–Crippen MR) is 99.9 cm³/mol. The van der Waals surface area contributed by atoms with Crippen LogP contribution < -0.4 is 15.4 Å². The number of hydrogen-bond acceptors (Lipinski definition) is 5. The molecular weight excluding hydrogens is 358 g/mol. The molecule has 4 rings (SSSR count). The molecule has 1 fully saturated rings. The maximum atomic E-state index is 12.0. The first-order chi connectivity index (χ1) is 12.1. The standard InChI is InChI=1S/C17H18ClN5OS/c1-12-9-16(24)23-17(19-12)25-15(20-23)11-21-5-7-22(8-6-21)14-4-2-3-13(18)10-14/h2-4,9-10H,5-8,11H2,1H3/p+1. The van der Waals surface area contributed by atoms with Crippen molar-refractivity contribution in [1.29, 1.82) is 0 Å². The number of hydrogen-bond donors (Lipinski definition) is 1. The van der Waals surface area contributed by atoms with Crippen molar-refractivity contribution < 1.29 is 4.90 Å². The molecule has 0 atom stereocenters. The molecule has 2 aromatic heterocycles. The Labute approximate surface area is 154 Å². The fourth-order valence-corrected chi connectivity index (χ4v) is 4.38. The Hall–Kier alpha value is -1.96. The second-order valence-corrected chi connectivity index (χ2v) is 7.80. The normalized spacial score (nSPS) is 15.8. The van der Waals surface area contributed by atoms with E-state index >= 15 is 0 Å². The summed E-state index contributed by atoms with van der Waals surface area (Å²) < 4.78 is 1.41. The molecule has 1 aromatic carbocycles. The molecule has 0 unspecified atom stereocenters. The summed E-state index contributed by atoms with van der Waals surface area (Å²) in [6.07, 6.45) is 0. The second kappa shape index (κ2) is 6.74. The van der Waals surface area contributed by atoms with Gasteiger partial charge in [-0.15, -0.1) is 0 Å². The van der Waals surface area contributed by atoms with Crippen LogP contribution in [-0.2, 0) is 6.54 Å². The van der Waals surface area contributed by atoms with Gasteiger partial charge in [-0.2, -0.15) is 9.61 Å². The molecule has 1 saturated heterocycles. The quantitative estimate of drug-likeness (QED) is 0.741. The van der Waals surface area contributed by atoms with Gasteiger partial charge < -0.3 is 9.80 Å². The first-order valence-corrected chi connectivity index (χ1v) is 9.48. The van der Waals surface area contributed by atoms with Crippen LogP contribution in [0.15, 0.2) is 35.1 Å². The Morgan fingerprint density at radius 3 is 2.84 bits per heavy atom. The van der Waals surface area contributed by atoms with E-state index in [2.05, 4.69) is 21.0 Å². The molecule has 0 bridgehead atoms. The van der Waals surface area contributed by atoms with Crippen molar-refractivity contribution in [3.05, 3.63) is 56.4 Å². The Bertz CT molecular complexity index is 961. The molecule has 25 heavy (non-hydrogen) atoms. The first-order valence-electron chi connectivity index (χ1n) is 8.29. The third-order valence-corrected chi connectivity index (χ3v) is 5.60. The van der Waals surface area contributed by atoms with Crippen LogP contribution in [0.25, 0.3) is 4.96 Å². The zero-order chi connectivity index (χ0) is 17.4. The van der Waals surface area contributed by atoms with Crippen LogP contribution in [0.4, 0.5) is 5.69 Å². The van der Waals surface area contributed by atoms with Gasteiger partial charge in [-0.25, -0.2) is 4.98 Å². The Kier molecular flexibility index (Phi) is 4.45. The highest BCUT2D eigenvalue weighted by Gasteiger charge is 2.22. The number of quaternary nitrogens is 1. The van der Waals surface area contributed by atoms with Gasteiger partial charge in [0.2, 0.25) is 4.96 Å². The van der Waals surface area contributed by atoms with E-state index in [0.717, 1.165) is 48.4 Å². The molecule has 0 radical (unpaired) electrons. The third-order valence-electron chi connectivity index (χ3n) is 4.46. The number of fused-ring (bicyclic) bond motifs is 1. The van der Waals surface area contributed by atoms with Crippen LogP contribution in [0.3, 0.4) is 0 Å². The van der Waals surface area contributed by atoms with Crippen molar-refractivity contribution in [2.24, 2.45) is 0 Å². The van der Waals surface area contributed by atoms with Gasteiger partial charge in [0.15, 0.2) is 5.01 Å². The average Bonchev–Trinajstić information content (AvgIpc) is 2.98. The molecule has 130 valence electrons. The number of piperazine rings is 1. The molecule has 0 amide bonds. The lowest BCUT2D eigenvalue weighted by Gasteiger charge is -2.33. The smallest absolute Gasteiger partial charge is 0.275 e. The summed E-state index contributed by atoms with van der Waals surface area (Å²) in [6.45, 7) is 6.69. The van der Waals surface area contributed by atoms with E-state index in [1.54, 1.807) is 0 Å². The van der Waals surface area contributed by atoms with Gasteiger partial charge in [-0.3, -0.25) is 4.79 Å². The molecule has 8 heteroatoms. The number of benzene rings is 1. The Morgan fingerprint density at radius 2 is 2.08 bits per heavy atom. The lowest BCUT2D eigenvalue weighted by Crippen LogP contribution is -3.13. The summed E-state index contributed by atoms with van der Waals surface area (Å²) >= 11 is 7.60. The third kappa shape index (κ3) is 3.53. The van der Waals surface area contributed by atoms with E-state index in [1.807, 2.05) is 25.1 Å². The number of aromatic nitrogens is 3. The molecule has 0 spiro atoms. The summed E-state index contributed by atoms with van der Waals surface area (Å²) in [4.78, 5) is 20.9. The van der Waals surface area contributed by atoms with Crippen molar-refractivity contribution >= 4 is 33.6 Å². The highest BCUT2D eigenvalue weighted by molar-refractivity contribution is 7.16. The molecular formula is C17H19ClN5OS+. The fourth-order valence-electron chi connectivity index (χ4n) is 3.18. The molecule has 1 aliphatic heterocycles. The average molecular weight is 377 g/mol. The van der Waals surface area contributed by atoms with Crippen molar-refractivity contribution in [2.75, 3.05) is 31.1 Å². The van der Waals surface area contributed by atoms with E-state index in [4.69, 9.17) is 11.6 Å². The summed E-state index contributed by atoms with van der Waals surface area (Å²) in [5.74, 6) is 0. The van der Waals surface area contributed by atoms with Gasteiger partial charge in [-0.1, -0.05) is 29.0 Å². The van der Waals surface area contributed by atoms with Gasteiger partial charge in [-0.05, 0) is 25.1 Å². The van der Waals surface area contributed by atoms with Gasteiger partial charge in [0.05, 0.1) is 26.2 Å². The van der Waals surface area contributed by atoms with Crippen molar-refractivity contribution in [1.82, 2.24) is 14.6 Å². The van der Waals surface area contributed by atoms with Crippen LogP contribution in [-0.4, -0.2) is 40.8 Å². The highest BCUT2D eigenvalue weighted by Crippen LogP contribution is 2.19. The van der Waals surface area contributed by atoms with Crippen molar-refractivity contribution in [2.45, 2.75) is 13.5 Å². The molecule has 1 aliphatic rings. The summed E-state index contributed by atoms with van der Waals surface area (Å²) in [5, 5.41) is 6.18. The van der Waals surface area contributed by atoms with Gasteiger partial charge >= 0.3 is 0 Å². The number of halogens is 1. The fraction of sp³-hybridized carbons (Fsp3) is 0.353. The summed E-state index contributed by atoms with van der Waals surface area (Å²) in [7, 11) is 0. The Morgan fingerprint density at radius 1 is 1.28 bits per heavy atom. The van der Waals surface area contributed by atoms with Crippen LogP contribution in [0.5, 0.6) is 0 Å². The molecule has 3 heterocycles. The van der Waals surface area contributed by atoms with Crippen molar-refractivity contribution in [3.63, 3.8) is 0 Å². The van der Waals surface area contributed by atoms with Crippen LogP contribution in [0, 0.1) is 6.92 Å². The maximum Gasteiger partial charge on any atom is 0.275 e.